The number of hydrogen-bond donors (Lipinski definition) is 2. The summed E-state index contributed by atoms with van der Waals surface area (Å²) in [5.74, 6) is 2.80. The lowest BCUT2D eigenvalue weighted by Gasteiger charge is -2.32. The third-order valence-electron chi connectivity index (χ3n) is 8.05. The summed E-state index contributed by atoms with van der Waals surface area (Å²) < 4.78 is 10.4. The van der Waals surface area contributed by atoms with E-state index in [1.807, 2.05) is 65.2 Å². The van der Waals surface area contributed by atoms with Gasteiger partial charge in [0.1, 0.15) is 23.5 Å². The van der Waals surface area contributed by atoms with Crippen LogP contribution < -0.4 is 15.4 Å². The fourth-order valence-corrected chi connectivity index (χ4v) is 5.71. The minimum Gasteiger partial charge on any atom is -0.484 e. The number of urea groups is 1. The molecule has 228 valence electrons. The van der Waals surface area contributed by atoms with Crippen LogP contribution in [0.1, 0.15) is 87.8 Å². The number of amides is 2. The number of pyridine rings is 1. The minimum absolute atomic E-state index is 0.132. The SMILES string of the molecule is Cc1ccc(-n2nc(C(C)(C)C)cc2NC(=O)N[C@H]2CC[C@@H](Oc3ccc4nnc(CC(C)C)n4c3)c3ccccc32)cc1. The highest BCUT2D eigenvalue weighted by Gasteiger charge is 2.30. The Morgan fingerprint density at radius 3 is 2.48 bits per heavy atom. The van der Waals surface area contributed by atoms with Crippen molar-refractivity contribution in [1.29, 1.82) is 0 Å². The van der Waals surface area contributed by atoms with E-state index in [4.69, 9.17) is 9.84 Å². The van der Waals surface area contributed by atoms with Crippen LogP contribution in [0.15, 0.2) is 72.9 Å². The Morgan fingerprint density at radius 1 is 1.00 bits per heavy atom. The predicted octanol–water partition coefficient (Wildman–Crippen LogP) is 7.50. The van der Waals surface area contributed by atoms with E-state index in [1.165, 1.54) is 0 Å². The third kappa shape index (κ3) is 6.18. The van der Waals surface area contributed by atoms with Gasteiger partial charge in [0, 0.05) is 17.9 Å². The van der Waals surface area contributed by atoms with Crippen molar-refractivity contribution < 1.29 is 9.53 Å². The van der Waals surface area contributed by atoms with Crippen LogP contribution in [0.2, 0.25) is 0 Å². The topological polar surface area (TPSA) is 98.4 Å². The number of carbonyl (C=O) groups excluding carboxylic acids is 1. The molecule has 0 unspecified atom stereocenters. The second-order valence-corrected chi connectivity index (χ2v) is 13.2. The first kappa shape index (κ1) is 29.4. The number of aromatic nitrogens is 5. The van der Waals surface area contributed by atoms with Crippen molar-refractivity contribution in [1.82, 2.24) is 29.7 Å². The summed E-state index contributed by atoms with van der Waals surface area (Å²) in [5.41, 5.74) is 5.74. The maximum Gasteiger partial charge on any atom is 0.320 e. The number of carbonyl (C=O) groups is 1. The van der Waals surface area contributed by atoms with Gasteiger partial charge in [0.25, 0.3) is 0 Å². The van der Waals surface area contributed by atoms with Crippen LogP contribution in [-0.4, -0.2) is 30.4 Å². The number of rotatable bonds is 7. The van der Waals surface area contributed by atoms with Gasteiger partial charge < -0.3 is 10.1 Å². The van der Waals surface area contributed by atoms with Gasteiger partial charge in [0.05, 0.1) is 23.6 Å². The Kier molecular flexibility index (Phi) is 7.88. The van der Waals surface area contributed by atoms with Gasteiger partial charge in [-0.15, -0.1) is 10.2 Å². The van der Waals surface area contributed by atoms with Crippen molar-refractivity contribution in [3.63, 3.8) is 0 Å². The molecule has 2 N–H and O–H groups in total. The molecule has 5 aromatic rings. The Labute approximate surface area is 258 Å². The first-order valence-electron chi connectivity index (χ1n) is 15.4. The van der Waals surface area contributed by atoms with Crippen molar-refractivity contribution in [2.45, 2.75) is 78.4 Å². The van der Waals surface area contributed by atoms with Crippen LogP contribution in [0.25, 0.3) is 11.3 Å². The van der Waals surface area contributed by atoms with E-state index < -0.39 is 0 Å². The average molecular weight is 592 g/mol. The van der Waals surface area contributed by atoms with E-state index in [2.05, 4.69) is 74.5 Å². The van der Waals surface area contributed by atoms with Crippen LogP contribution in [0.3, 0.4) is 0 Å². The highest BCUT2D eigenvalue weighted by molar-refractivity contribution is 5.89. The zero-order valence-electron chi connectivity index (χ0n) is 26.3. The van der Waals surface area contributed by atoms with Gasteiger partial charge in [-0.05, 0) is 61.1 Å². The summed E-state index contributed by atoms with van der Waals surface area (Å²) in [6.45, 7) is 12.7. The molecular weight excluding hydrogens is 550 g/mol. The molecule has 0 spiro atoms. The molecule has 0 saturated heterocycles. The van der Waals surface area contributed by atoms with E-state index in [0.717, 1.165) is 64.6 Å². The number of ether oxygens (including phenoxy) is 1. The average Bonchev–Trinajstić information content (AvgIpc) is 3.59. The van der Waals surface area contributed by atoms with E-state index in [9.17, 15) is 4.79 Å². The smallest absolute Gasteiger partial charge is 0.320 e. The molecule has 9 heteroatoms. The largest absolute Gasteiger partial charge is 0.484 e. The molecule has 9 nitrogen and oxygen atoms in total. The highest BCUT2D eigenvalue weighted by atomic mass is 16.5. The lowest BCUT2D eigenvalue weighted by atomic mass is 9.85. The zero-order valence-corrected chi connectivity index (χ0v) is 26.3. The molecule has 2 aromatic carbocycles. The molecule has 0 fully saturated rings. The Balaban J connectivity index is 1.20. The molecule has 2 amide bonds. The Hall–Kier alpha value is -4.66. The summed E-state index contributed by atoms with van der Waals surface area (Å²) in [6.07, 6.45) is 4.20. The van der Waals surface area contributed by atoms with Crippen molar-refractivity contribution >= 4 is 17.5 Å². The maximum atomic E-state index is 13.5. The Bertz CT molecular complexity index is 1780. The van der Waals surface area contributed by atoms with Gasteiger partial charge in [-0.1, -0.05) is 76.6 Å². The van der Waals surface area contributed by atoms with E-state index in [-0.39, 0.29) is 23.6 Å². The molecule has 3 heterocycles. The fourth-order valence-electron chi connectivity index (χ4n) is 5.71. The number of nitrogens with one attached hydrogen (secondary N) is 2. The highest BCUT2D eigenvalue weighted by Crippen LogP contribution is 2.39. The summed E-state index contributed by atoms with van der Waals surface area (Å²) in [6, 6.07) is 21.8. The van der Waals surface area contributed by atoms with Crippen molar-refractivity contribution in [3.05, 3.63) is 101 Å². The molecule has 6 rings (SSSR count). The molecule has 0 bridgehead atoms. The standard InChI is InChI=1S/C35H41N7O2/c1-22(2)19-33-39-38-31-18-15-25(21-41(31)33)44-29-17-16-28(26-9-7-8-10-27(26)29)36-34(43)37-32-20-30(35(4,5)6)40-42(32)24-13-11-23(3)12-14-24/h7-15,18,20-22,28-29H,16-17,19H2,1-6H3,(H2,36,37,43)/t28-,29+/m0/s1. The van der Waals surface area contributed by atoms with Gasteiger partial charge in [-0.2, -0.15) is 5.10 Å². The lowest BCUT2D eigenvalue weighted by molar-refractivity contribution is 0.171. The van der Waals surface area contributed by atoms with Crippen molar-refractivity contribution in [3.8, 4) is 11.4 Å². The quantitative estimate of drug-likeness (QED) is 0.204. The summed E-state index contributed by atoms with van der Waals surface area (Å²) >= 11 is 0. The normalized spacial score (nSPS) is 16.6. The second-order valence-electron chi connectivity index (χ2n) is 13.2. The van der Waals surface area contributed by atoms with E-state index in [0.29, 0.717) is 11.7 Å². The lowest BCUT2D eigenvalue weighted by Crippen LogP contribution is -2.36. The molecule has 44 heavy (non-hydrogen) atoms. The summed E-state index contributed by atoms with van der Waals surface area (Å²) in [7, 11) is 0. The third-order valence-corrected chi connectivity index (χ3v) is 8.05. The molecule has 0 aliphatic heterocycles. The first-order chi connectivity index (χ1) is 21.0. The molecule has 1 aliphatic carbocycles. The van der Waals surface area contributed by atoms with Crippen LogP contribution in [0.4, 0.5) is 10.6 Å². The monoisotopic (exact) mass is 591 g/mol. The number of aryl methyl sites for hydroxylation is 1. The Morgan fingerprint density at radius 2 is 1.75 bits per heavy atom. The zero-order chi connectivity index (χ0) is 31.0. The van der Waals surface area contributed by atoms with Crippen molar-refractivity contribution in [2.75, 3.05) is 5.32 Å². The first-order valence-corrected chi connectivity index (χ1v) is 15.4. The van der Waals surface area contributed by atoms with E-state index in [1.54, 1.807) is 4.68 Å². The fraction of sp³-hybridized carbons (Fsp3) is 0.371. The number of nitrogens with zero attached hydrogens (tertiary/aromatic N) is 5. The predicted molar refractivity (Wildman–Crippen MR) is 172 cm³/mol. The van der Waals surface area contributed by atoms with E-state index >= 15 is 0 Å². The molecular formula is C35H41N7O2. The number of fused-ring (bicyclic) bond motifs is 2. The maximum absolute atomic E-state index is 13.5. The van der Waals surface area contributed by atoms with Gasteiger partial charge in [-0.3, -0.25) is 9.72 Å². The van der Waals surface area contributed by atoms with Crippen molar-refractivity contribution in [2.24, 2.45) is 5.92 Å². The molecule has 0 radical (unpaired) electrons. The van der Waals surface area contributed by atoms with Crippen LogP contribution in [-0.2, 0) is 11.8 Å². The van der Waals surface area contributed by atoms with Gasteiger partial charge in [-0.25, -0.2) is 9.48 Å². The number of hydrogen-bond acceptors (Lipinski definition) is 5. The minimum atomic E-state index is -0.270. The molecule has 2 atom stereocenters. The molecule has 1 aliphatic rings. The van der Waals surface area contributed by atoms with Crippen LogP contribution in [0, 0.1) is 12.8 Å². The van der Waals surface area contributed by atoms with Crippen LogP contribution in [0.5, 0.6) is 5.75 Å². The second kappa shape index (κ2) is 11.8. The van der Waals surface area contributed by atoms with Gasteiger partial charge in [0.15, 0.2) is 5.65 Å². The summed E-state index contributed by atoms with van der Waals surface area (Å²) in [4.78, 5) is 13.5. The number of anilines is 1. The van der Waals surface area contributed by atoms with Gasteiger partial charge >= 0.3 is 6.03 Å². The molecule has 0 saturated carbocycles. The van der Waals surface area contributed by atoms with Crippen LogP contribution >= 0.6 is 0 Å². The summed E-state index contributed by atoms with van der Waals surface area (Å²) in [5, 5.41) is 19.8. The van der Waals surface area contributed by atoms with Gasteiger partial charge in [0.2, 0.25) is 0 Å². The number of benzene rings is 2. The molecule has 3 aromatic heterocycles.